The highest BCUT2D eigenvalue weighted by Crippen LogP contribution is 2.22. The molecule has 0 aliphatic heterocycles. The normalized spacial score (nSPS) is 11.4. The molecule has 100 valence electrons. The molecule has 1 nitrogen and oxygen atoms in total. The molecular formula is C17H20FN. The second kappa shape index (κ2) is 5.43. The van der Waals surface area contributed by atoms with Gasteiger partial charge in [0, 0.05) is 12.2 Å². The molecule has 2 rings (SSSR count). The van der Waals surface area contributed by atoms with Crippen molar-refractivity contribution in [1.29, 1.82) is 0 Å². The summed E-state index contributed by atoms with van der Waals surface area (Å²) in [7, 11) is 0. The van der Waals surface area contributed by atoms with E-state index >= 15 is 0 Å². The molecule has 1 N–H and O–H groups in total. The van der Waals surface area contributed by atoms with Crippen molar-refractivity contribution in [2.45, 2.75) is 32.7 Å². The van der Waals surface area contributed by atoms with E-state index in [0.717, 1.165) is 5.69 Å². The Bertz CT molecular complexity index is 538. The lowest BCUT2D eigenvalue weighted by Crippen LogP contribution is -2.11. The number of hydrogen-bond donors (Lipinski definition) is 1. The third kappa shape index (κ3) is 3.82. The van der Waals surface area contributed by atoms with Gasteiger partial charge in [-0.05, 0) is 34.7 Å². The highest BCUT2D eigenvalue weighted by molar-refractivity contribution is 5.44. The summed E-state index contributed by atoms with van der Waals surface area (Å²) in [6.45, 7) is 7.31. The van der Waals surface area contributed by atoms with Crippen molar-refractivity contribution in [1.82, 2.24) is 0 Å². The number of benzene rings is 2. The van der Waals surface area contributed by atoms with E-state index in [0.29, 0.717) is 6.54 Å². The summed E-state index contributed by atoms with van der Waals surface area (Å²) >= 11 is 0. The zero-order valence-corrected chi connectivity index (χ0v) is 11.7. The fourth-order valence-electron chi connectivity index (χ4n) is 1.93. The minimum absolute atomic E-state index is 0.175. The lowest BCUT2D eigenvalue weighted by Gasteiger charge is -2.19. The minimum Gasteiger partial charge on any atom is -0.381 e. The van der Waals surface area contributed by atoms with Crippen LogP contribution in [0.15, 0.2) is 48.5 Å². The van der Waals surface area contributed by atoms with E-state index < -0.39 is 0 Å². The van der Waals surface area contributed by atoms with E-state index in [1.165, 1.54) is 23.3 Å². The van der Waals surface area contributed by atoms with E-state index in [4.69, 9.17) is 0 Å². The van der Waals surface area contributed by atoms with Crippen molar-refractivity contribution in [2.75, 3.05) is 5.32 Å². The van der Waals surface area contributed by atoms with Gasteiger partial charge in [0.2, 0.25) is 0 Å². The zero-order chi connectivity index (χ0) is 13.9. The van der Waals surface area contributed by atoms with Crippen LogP contribution in [0.1, 0.15) is 31.9 Å². The Morgan fingerprint density at radius 2 is 1.68 bits per heavy atom. The number of rotatable bonds is 3. The molecule has 0 fully saturated rings. The van der Waals surface area contributed by atoms with Crippen molar-refractivity contribution < 1.29 is 4.39 Å². The molecule has 0 unspecified atom stereocenters. The quantitative estimate of drug-likeness (QED) is 0.837. The molecule has 19 heavy (non-hydrogen) atoms. The average molecular weight is 257 g/mol. The Morgan fingerprint density at radius 1 is 1.00 bits per heavy atom. The summed E-state index contributed by atoms with van der Waals surface area (Å²) in [4.78, 5) is 0. The molecule has 0 bridgehead atoms. The van der Waals surface area contributed by atoms with Gasteiger partial charge < -0.3 is 5.32 Å². The van der Waals surface area contributed by atoms with Gasteiger partial charge in [-0.3, -0.25) is 0 Å². The second-order valence-electron chi connectivity index (χ2n) is 5.81. The summed E-state index contributed by atoms with van der Waals surface area (Å²) in [6.07, 6.45) is 0. The van der Waals surface area contributed by atoms with Crippen LogP contribution in [0.4, 0.5) is 10.1 Å². The maximum atomic E-state index is 13.0. The monoisotopic (exact) mass is 257 g/mol. The van der Waals surface area contributed by atoms with Crippen LogP contribution in [-0.2, 0) is 12.0 Å². The maximum absolute atomic E-state index is 13.0. The number of halogens is 1. The largest absolute Gasteiger partial charge is 0.381 e. The van der Waals surface area contributed by atoms with Crippen LogP contribution in [0.25, 0.3) is 0 Å². The number of nitrogens with one attached hydrogen (secondary N) is 1. The Labute approximate surface area is 114 Å². The summed E-state index contributed by atoms with van der Waals surface area (Å²) in [5.74, 6) is -0.215. The standard InChI is InChI=1S/C17H20FN/c1-17(2,3)14-9-7-13(8-10-14)12-19-16-6-4-5-15(18)11-16/h4-11,19H,12H2,1-3H3. The van der Waals surface area contributed by atoms with Gasteiger partial charge in [-0.25, -0.2) is 4.39 Å². The van der Waals surface area contributed by atoms with Crippen molar-refractivity contribution >= 4 is 5.69 Å². The highest BCUT2D eigenvalue weighted by Gasteiger charge is 2.12. The summed E-state index contributed by atoms with van der Waals surface area (Å²) < 4.78 is 13.0. The summed E-state index contributed by atoms with van der Waals surface area (Å²) in [6, 6.07) is 15.1. The topological polar surface area (TPSA) is 12.0 Å². The lowest BCUT2D eigenvalue weighted by molar-refractivity contribution is 0.590. The van der Waals surface area contributed by atoms with Crippen LogP contribution >= 0.6 is 0 Å². The molecule has 0 atom stereocenters. The van der Waals surface area contributed by atoms with Gasteiger partial charge in [-0.2, -0.15) is 0 Å². The molecule has 0 aliphatic rings. The van der Waals surface area contributed by atoms with Crippen LogP contribution in [-0.4, -0.2) is 0 Å². The summed E-state index contributed by atoms with van der Waals surface area (Å²) in [5, 5.41) is 3.22. The maximum Gasteiger partial charge on any atom is 0.125 e. The van der Waals surface area contributed by atoms with Gasteiger partial charge in [0.25, 0.3) is 0 Å². The molecule has 0 radical (unpaired) electrons. The molecular weight excluding hydrogens is 237 g/mol. The molecule has 0 spiro atoms. The van der Waals surface area contributed by atoms with Gasteiger partial charge in [0.1, 0.15) is 5.82 Å². The molecule has 0 aromatic heterocycles. The van der Waals surface area contributed by atoms with Crippen LogP contribution in [0.5, 0.6) is 0 Å². The number of hydrogen-bond acceptors (Lipinski definition) is 1. The Balaban J connectivity index is 2.01. The van der Waals surface area contributed by atoms with E-state index in [2.05, 4.69) is 50.4 Å². The Kier molecular flexibility index (Phi) is 3.89. The molecule has 0 amide bonds. The van der Waals surface area contributed by atoms with E-state index in [1.807, 2.05) is 6.07 Å². The smallest absolute Gasteiger partial charge is 0.125 e. The van der Waals surface area contributed by atoms with E-state index in [9.17, 15) is 4.39 Å². The lowest BCUT2D eigenvalue weighted by atomic mass is 9.87. The first kappa shape index (κ1) is 13.6. The third-order valence-corrected chi connectivity index (χ3v) is 3.14. The molecule has 2 heteroatoms. The average Bonchev–Trinajstić information content (AvgIpc) is 2.36. The van der Waals surface area contributed by atoms with Crippen molar-refractivity contribution in [3.05, 3.63) is 65.5 Å². The Morgan fingerprint density at radius 3 is 2.26 bits per heavy atom. The zero-order valence-electron chi connectivity index (χ0n) is 11.7. The van der Waals surface area contributed by atoms with Gasteiger partial charge >= 0.3 is 0 Å². The molecule has 2 aromatic rings. The van der Waals surface area contributed by atoms with Crippen molar-refractivity contribution in [3.63, 3.8) is 0 Å². The highest BCUT2D eigenvalue weighted by atomic mass is 19.1. The first-order chi connectivity index (χ1) is 8.95. The molecule has 0 saturated heterocycles. The fraction of sp³-hybridized carbons (Fsp3) is 0.294. The van der Waals surface area contributed by atoms with Crippen molar-refractivity contribution in [3.8, 4) is 0 Å². The summed E-state index contributed by atoms with van der Waals surface area (Å²) in [5.41, 5.74) is 3.49. The first-order valence-electron chi connectivity index (χ1n) is 6.54. The molecule has 0 aliphatic carbocycles. The third-order valence-electron chi connectivity index (χ3n) is 3.14. The van der Waals surface area contributed by atoms with E-state index in [-0.39, 0.29) is 11.2 Å². The molecule has 0 heterocycles. The van der Waals surface area contributed by atoms with E-state index in [1.54, 1.807) is 6.07 Å². The van der Waals surface area contributed by atoms with Crippen LogP contribution in [0.3, 0.4) is 0 Å². The molecule has 2 aromatic carbocycles. The van der Waals surface area contributed by atoms with Gasteiger partial charge in [0.15, 0.2) is 0 Å². The minimum atomic E-state index is -0.215. The first-order valence-corrected chi connectivity index (χ1v) is 6.54. The predicted octanol–water partition coefficient (Wildman–Crippen LogP) is 4.74. The van der Waals surface area contributed by atoms with Crippen molar-refractivity contribution in [2.24, 2.45) is 0 Å². The van der Waals surface area contributed by atoms with Gasteiger partial charge in [-0.1, -0.05) is 51.1 Å². The predicted molar refractivity (Wildman–Crippen MR) is 78.9 cm³/mol. The molecule has 0 saturated carbocycles. The van der Waals surface area contributed by atoms with Crippen LogP contribution in [0, 0.1) is 5.82 Å². The van der Waals surface area contributed by atoms with Gasteiger partial charge in [0.05, 0.1) is 0 Å². The SMILES string of the molecule is CC(C)(C)c1ccc(CNc2cccc(F)c2)cc1. The van der Waals surface area contributed by atoms with Crippen LogP contribution in [0.2, 0.25) is 0 Å². The Hall–Kier alpha value is -1.83. The second-order valence-corrected chi connectivity index (χ2v) is 5.81. The van der Waals surface area contributed by atoms with Gasteiger partial charge in [-0.15, -0.1) is 0 Å². The fourth-order valence-corrected chi connectivity index (χ4v) is 1.93. The number of anilines is 1. The van der Waals surface area contributed by atoms with Crippen LogP contribution < -0.4 is 5.32 Å².